The van der Waals surface area contributed by atoms with Crippen LogP contribution in [0, 0.1) is 5.92 Å². The van der Waals surface area contributed by atoms with Crippen LogP contribution in [0.4, 0.5) is 5.69 Å². The summed E-state index contributed by atoms with van der Waals surface area (Å²) in [5.41, 5.74) is 1.34. The van der Waals surface area contributed by atoms with Crippen molar-refractivity contribution < 1.29 is 33.4 Å². The maximum Gasteiger partial charge on any atom is 0.338 e. The van der Waals surface area contributed by atoms with E-state index in [4.69, 9.17) is 14.2 Å². The van der Waals surface area contributed by atoms with Crippen LogP contribution in [0.25, 0.3) is 0 Å². The summed E-state index contributed by atoms with van der Waals surface area (Å²) in [5, 5.41) is 0. The average Bonchev–Trinajstić information content (AvgIpc) is 3.20. The van der Waals surface area contributed by atoms with Gasteiger partial charge in [-0.3, -0.25) is 14.4 Å². The topological polar surface area (TPSA) is 99.2 Å². The molecule has 1 heterocycles. The van der Waals surface area contributed by atoms with Gasteiger partial charge < -0.3 is 19.1 Å². The number of benzene rings is 2. The van der Waals surface area contributed by atoms with E-state index in [0.29, 0.717) is 22.6 Å². The van der Waals surface area contributed by atoms with E-state index >= 15 is 0 Å². The van der Waals surface area contributed by atoms with Crippen LogP contribution in [0.5, 0.6) is 5.75 Å². The predicted octanol–water partition coefficient (Wildman–Crippen LogP) is 3.43. The van der Waals surface area contributed by atoms with Crippen LogP contribution in [-0.4, -0.2) is 49.5 Å². The van der Waals surface area contributed by atoms with Gasteiger partial charge in [0.15, 0.2) is 6.10 Å². The summed E-state index contributed by atoms with van der Waals surface area (Å²) < 4.78 is 15.6. The normalized spacial score (nSPS) is 16.5. The summed E-state index contributed by atoms with van der Waals surface area (Å²) in [4.78, 5) is 51.2. The number of amides is 1. The van der Waals surface area contributed by atoms with Crippen molar-refractivity contribution >= 4 is 29.3 Å². The Morgan fingerprint density at radius 1 is 0.909 bits per heavy atom. The number of anilines is 1. The van der Waals surface area contributed by atoms with Crippen molar-refractivity contribution in [2.75, 3.05) is 18.6 Å². The Hall–Kier alpha value is -3.68. The molecule has 1 amide bonds. The Kier molecular flexibility index (Phi) is 7.48. The minimum Gasteiger partial charge on any atom is -0.497 e. The molecule has 0 spiro atoms. The molecule has 0 aromatic heterocycles. The molecule has 33 heavy (non-hydrogen) atoms. The summed E-state index contributed by atoms with van der Waals surface area (Å²) in [7, 11) is 1.53. The lowest BCUT2D eigenvalue weighted by Crippen LogP contribution is -2.30. The highest BCUT2D eigenvalue weighted by molar-refractivity contribution is 6.02. The first kappa shape index (κ1) is 24.0. The molecule has 0 bridgehead atoms. The number of hydrogen-bond donors (Lipinski definition) is 0. The van der Waals surface area contributed by atoms with E-state index < -0.39 is 24.0 Å². The standard InChI is InChI=1S/C25H27NO7/c1-15(2)32-24(29)18-5-9-20(10-6-18)26-14-19(13-22(26)27)25(30)33-16(3)23(28)17-7-11-21(31-4)12-8-17/h5-12,15-16,19H,13-14H2,1-4H3/t16-,19+/m1/s1. The molecule has 0 aliphatic carbocycles. The van der Waals surface area contributed by atoms with Crippen LogP contribution in [0.1, 0.15) is 47.9 Å². The lowest BCUT2D eigenvalue weighted by atomic mass is 10.1. The fraction of sp³-hybridized carbons (Fsp3) is 0.360. The highest BCUT2D eigenvalue weighted by Crippen LogP contribution is 2.27. The van der Waals surface area contributed by atoms with E-state index in [9.17, 15) is 19.2 Å². The Morgan fingerprint density at radius 3 is 2.09 bits per heavy atom. The van der Waals surface area contributed by atoms with Crippen LogP contribution in [0.15, 0.2) is 48.5 Å². The van der Waals surface area contributed by atoms with Crippen molar-refractivity contribution in [3.8, 4) is 5.75 Å². The number of carbonyl (C=O) groups is 4. The predicted molar refractivity (Wildman–Crippen MR) is 120 cm³/mol. The zero-order valence-electron chi connectivity index (χ0n) is 19.1. The number of hydrogen-bond acceptors (Lipinski definition) is 7. The largest absolute Gasteiger partial charge is 0.497 e. The summed E-state index contributed by atoms with van der Waals surface area (Å²) in [6.45, 7) is 5.17. The van der Waals surface area contributed by atoms with Gasteiger partial charge in [-0.15, -0.1) is 0 Å². The SMILES string of the molecule is COc1ccc(C(=O)[C@@H](C)OC(=O)[C@H]2CC(=O)N(c3ccc(C(=O)OC(C)C)cc3)C2)cc1. The second-order valence-electron chi connectivity index (χ2n) is 8.08. The highest BCUT2D eigenvalue weighted by atomic mass is 16.5. The third-order valence-corrected chi connectivity index (χ3v) is 5.25. The van der Waals surface area contributed by atoms with E-state index in [2.05, 4.69) is 0 Å². The van der Waals surface area contributed by atoms with Crippen LogP contribution >= 0.6 is 0 Å². The molecule has 1 aliphatic rings. The van der Waals surface area contributed by atoms with Gasteiger partial charge in [0.2, 0.25) is 11.7 Å². The Bertz CT molecular complexity index is 1030. The molecule has 2 atom stereocenters. The number of ketones is 1. The van der Waals surface area contributed by atoms with Crippen molar-refractivity contribution in [3.05, 3.63) is 59.7 Å². The van der Waals surface area contributed by atoms with E-state index in [1.807, 2.05) is 0 Å². The van der Waals surface area contributed by atoms with Gasteiger partial charge in [-0.1, -0.05) is 0 Å². The lowest BCUT2D eigenvalue weighted by Gasteiger charge is -2.18. The van der Waals surface area contributed by atoms with Crippen LogP contribution in [-0.2, 0) is 19.1 Å². The van der Waals surface area contributed by atoms with Gasteiger partial charge >= 0.3 is 11.9 Å². The summed E-state index contributed by atoms with van der Waals surface area (Å²) in [6.07, 6.45) is -1.23. The molecule has 2 aromatic carbocycles. The molecule has 1 fully saturated rings. The third-order valence-electron chi connectivity index (χ3n) is 5.25. The first-order valence-electron chi connectivity index (χ1n) is 10.7. The summed E-state index contributed by atoms with van der Waals surface area (Å²) in [5.74, 6) is -1.68. The minimum absolute atomic E-state index is 0.0145. The lowest BCUT2D eigenvalue weighted by molar-refractivity contribution is -0.151. The fourth-order valence-electron chi connectivity index (χ4n) is 3.49. The molecular formula is C25H27NO7. The van der Waals surface area contributed by atoms with Crippen molar-refractivity contribution in [3.63, 3.8) is 0 Å². The molecule has 0 N–H and O–H groups in total. The molecular weight excluding hydrogens is 426 g/mol. The quantitative estimate of drug-likeness (QED) is 0.446. The summed E-state index contributed by atoms with van der Waals surface area (Å²) >= 11 is 0. The van der Waals surface area contributed by atoms with E-state index in [1.54, 1.807) is 62.4 Å². The average molecular weight is 453 g/mol. The van der Waals surface area contributed by atoms with Gasteiger partial charge in [-0.25, -0.2) is 4.79 Å². The number of carbonyl (C=O) groups excluding carboxylic acids is 4. The van der Waals surface area contributed by atoms with Gasteiger partial charge in [0.1, 0.15) is 5.75 Å². The van der Waals surface area contributed by atoms with Gasteiger partial charge in [0.05, 0.1) is 24.7 Å². The zero-order chi connectivity index (χ0) is 24.1. The van der Waals surface area contributed by atoms with Crippen molar-refractivity contribution in [1.82, 2.24) is 0 Å². The first-order chi connectivity index (χ1) is 15.7. The maximum atomic E-state index is 12.6. The molecule has 8 heteroatoms. The molecule has 0 saturated carbocycles. The van der Waals surface area contributed by atoms with E-state index in [-0.39, 0.29) is 30.8 Å². The van der Waals surface area contributed by atoms with Gasteiger partial charge in [0, 0.05) is 24.2 Å². The monoisotopic (exact) mass is 453 g/mol. The number of rotatable bonds is 8. The van der Waals surface area contributed by atoms with Gasteiger partial charge in [-0.2, -0.15) is 0 Å². The summed E-state index contributed by atoms with van der Waals surface area (Å²) in [6, 6.07) is 13.0. The Balaban J connectivity index is 1.60. The molecule has 3 rings (SSSR count). The first-order valence-corrected chi connectivity index (χ1v) is 10.7. The zero-order valence-corrected chi connectivity index (χ0v) is 19.1. The van der Waals surface area contributed by atoms with Crippen LogP contribution < -0.4 is 9.64 Å². The van der Waals surface area contributed by atoms with Gasteiger partial charge in [-0.05, 0) is 69.3 Å². The number of esters is 2. The molecule has 0 radical (unpaired) electrons. The van der Waals surface area contributed by atoms with Crippen LogP contribution in [0.3, 0.4) is 0 Å². The Labute approximate surface area is 192 Å². The molecule has 2 aromatic rings. The van der Waals surface area contributed by atoms with Crippen molar-refractivity contribution in [2.45, 2.75) is 39.4 Å². The van der Waals surface area contributed by atoms with E-state index in [1.165, 1.54) is 18.9 Å². The highest BCUT2D eigenvalue weighted by Gasteiger charge is 2.37. The van der Waals surface area contributed by atoms with Crippen molar-refractivity contribution in [2.24, 2.45) is 5.92 Å². The minimum atomic E-state index is -0.985. The van der Waals surface area contributed by atoms with Gasteiger partial charge in [0.25, 0.3) is 0 Å². The number of ether oxygens (including phenoxy) is 3. The molecule has 174 valence electrons. The third kappa shape index (κ3) is 5.77. The molecule has 0 unspecified atom stereocenters. The Morgan fingerprint density at radius 2 is 1.52 bits per heavy atom. The molecule has 1 aliphatic heterocycles. The second-order valence-corrected chi connectivity index (χ2v) is 8.08. The number of Topliss-reactive ketones (excluding diaryl/α,β-unsaturated/α-hetero) is 1. The van der Waals surface area contributed by atoms with E-state index in [0.717, 1.165) is 0 Å². The van der Waals surface area contributed by atoms with Crippen LogP contribution in [0.2, 0.25) is 0 Å². The number of nitrogens with zero attached hydrogens (tertiary/aromatic N) is 1. The fourth-order valence-corrected chi connectivity index (χ4v) is 3.49. The maximum absolute atomic E-state index is 12.6. The smallest absolute Gasteiger partial charge is 0.338 e. The molecule has 1 saturated heterocycles. The van der Waals surface area contributed by atoms with Crippen molar-refractivity contribution in [1.29, 1.82) is 0 Å². The number of methoxy groups -OCH3 is 1. The second kappa shape index (κ2) is 10.3. The molecule has 8 nitrogen and oxygen atoms in total.